The zero-order valence-electron chi connectivity index (χ0n) is 25.3. The normalized spacial score (nSPS) is 17.0. The van der Waals surface area contributed by atoms with Crippen LogP contribution in [0.3, 0.4) is 0 Å². The number of likely N-dealkylation sites (tertiary alicyclic amines) is 1. The lowest BCUT2D eigenvalue weighted by atomic mass is 9.76. The van der Waals surface area contributed by atoms with E-state index in [1.54, 1.807) is 4.90 Å². The van der Waals surface area contributed by atoms with Crippen molar-refractivity contribution in [2.75, 3.05) is 44.2 Å². The van der Waals surface area contributed by atoms with Gasteiger partial charge < -0.3 is 25.0 Å². The second-order valence-electron chi connectivity index (χ2n) is 12.1. The Morgan fingerprint density at radius 3 is 2.62 bits per heavy atom. The molecule has 0 unspecified atom stereocenters. The van der Waals surface area contributed by atoms with E-state index in [4.69, 9.17) is 9.84 Å². The van der Waals surface area contributed by atoms with Crippen LogP contribution in [0.15, 0.2) is 24.5 Å². The average Bonchev–Trinajstić information content (AvgIpc) is 3.37. The highest BCUT2D eigenvalue weighted by Gasteiger charge is 2.50. The van der Waals surface area contributed by atoms with Gasteiger partial charge in [0.05, 0.1) is 5.56 Å². The van der Waals surface area contributed by atoms with Crippen molar-refractivity contribution < 1.29 is 23.8 Å². The molecule has 3 heterocycles. The molecule has 2 aliphatic rings. The molecule has 42 heavy (non-hydrogen) atoms. The fourth-order valence-electron chi connectivity index (χ4n) is 6.34. The predicted molar refractivity (Wildman–Crippen MR) is 157 cm³/mol. The number of nitrogens with zero attached hydrogens (tertiary/aromatic N) is 6. The highest BCUT2D eigenvalue weighted by atomic mass is 19.1. The van der Waals surface area contributed by atoms with E-state index in [2.05, 4.69) is 44.1 Å². The maximum atomic E-state index is 14.2. The summed E-state index contributed by atoms with van der Waals surface area (Å²) in [6.07, 6.45) is 4.29. The van der Waals surface area contributed by atoms with Crippen LogP contribution in [-0.2, 0) is 0 Å². The lowest BCUT2D eigenvalue weighted by Gasteiger charge is -2.53. The standard InChI is InChI=1S/C30H44FN7O4/c1-6-38(21(4)5)28(39)23-15-22(31)10-11-25(23)42-27-26(33-19-34-35-27)36-14-12-30(16-36)17-37(18-30)24(20(2)3)9-7-8-13-32-29(40)41/h10-11,15,19-21,24,32H,6-9,12-14,16-18H2,1-5H3,(H,40,41)/t24-/m0/s1. The molecule has 4 rings (SSSR count). The third kappa shape index (κ3) is 7.26. The van der Waals surface area contributed by atoms with Gasteiger partial charge in [-0.05, 0) is 64.2 Å². The number of anilines is 1. The molecule has 0 saturated carbocycles. The number of rotatable bonds is 13. The number of unbranched alkanes of at least 4 members (excludes halogenated alkanes) is 1. The van der Waals surface area contributed by atoms with Gasteiger partial charge in [0.2, 0.25) is 0 Å². The van der Waals surface area contributed by atoms with Crippen molar-refractivity contribution in [2.24, 2.45) is 11.3 Å². The first-order chi connectivity index (χ1) is 20.0. The number of amides is 2. The minimum atomic E-state index is -0.973. The number of carbonyl (C=O) groups excluding carboxylic acids is 1. The Morgan fingerprint density at radius 2 is 1.95 bits per heavy atom. The summed E-state index contributed by atoms with van der Waals surface area (Å²) >= 11 is 0. The number of benzene rings is 1. The Balaban J connectivity index is 1.43. The second kappa shape index (κ2) is 13.6. The van der Waals surface area contributed by atoms with Crippen molar-refractivity contribution >= 4 is 17.8 Å². The summed E-state index contributed by atoms with van der Waals surface area (Å²) in [7, 11) is 0. The number of hydrogen-bond donors (Lipinski definition) is 2. The summed E-state index contributed by atoms with van der Waals surface area (Å²) in [5.74, 6) is 0.639. The zero-order chi connectivity index (χ0) is 30.4. The number of carbonyl (C=O) groups is 2. The molecule has 2 N–H and O–H groups in total. The van der Waals surface area contributed by atoms with E-state index >= 15 is 0 Å². The largest absolute Gasteiger partial charge is 0.465 e. The molecule has 11 nitrogen and oxygen atoms in total. The van der Waals surface area contributed by atoms with Crippen molar-refractivity contribution in [1.82, 2.24) is 30.3 Å². The lowest BCUT2D eigenvalue weighted by Crippen LogP contribution is -2.61. The predicted octanol–water partition coefficient (Wildman–Crippen LogP) is 4.65. The molecule has 2 aromatic rings. The molecule has 1 aromatic carbocycles. The van der Waals surface area contributed by atoms with Gasteiger partial charge >= 0.3 is 6.09 Å². The van der Waals surface area contributed by atoms with E-state index in [9.17, 15) is 14.0 Å². The maximum Gasteiger partial charge on any atom is 0.404 e. The van der Waals surface area contributed by atoms with Gasteiger partial charge in [-0.3, -0.25) is 9.69 Å². The molecule has 1 atom stereocenters. The Hall–Kier alpha value is -3.54. The van der Waals surface area contributed by atoms with Crippen molar-refractivity contribution in [3.63, 3.8) is 0 Å². The van der Waals surface area contributed by atoms with Crippen molar-refractivity contribution in [2.45, 2.75) is 72.4 Å². The first-order valence-corrected chi connectivity index (χ1v) is 15.0. The number of halogens is 1. The Bertz CT molecular complexity index is 1240. The lowest BCUT2D eigenvalue weighted by molar-refractivity contribution is -0.0340. The van der Waals surface area contributed by atoms with Crippen LogP contribution in [0.25, 0.3) is 0 Å². The average molecular weight is 586 g/mol. The molecule has 0 aliphatic carbocycles. The number of hydrogen-bond acceptors (Lipinski definition) is 8. The summed E-state index contributed by atoms with van der Waals surface area (Å²) in [6, 6.07) is 4.32. The molecular weight excluding hydrogens is 541 g/mol. The van der Waals surface area contributed by atoms with E-state index in [1.807, 2.05) is 20.8 Å². The van der Waals surface area contributed by atoms with Crippen LogP contribution in [0, 0.1) is 17.2 Å². The maximum absolute atomic E-state index is 14.2. The number of carboxylic acid groups (broad SMARTS) is 1. The van der Waals surface area contributed by atoms with E-state index in [0.717, 1.165) is 51.9 Å². The summed E-state index contributed by atoms with van der Waals surface area (Å²) in [5.41, 5.74) is 0.281. The second-order valence-corrected chi connectivity index (χ2v) is 12.1. The Labute approximate surface area is 247 Å². The molecule has 2 fully saturated rings. The van der Waals surface area contributed by atoms with Crippen molar-refractivity contribution in [3.05, 3.63) is 35.9 Å². The van der Waals surface area contributed by atoms with Crippen molar-refractivity contribution in [1.29, 1.82) is 0 Å². The molecule has 2 amide bonds. The number of ether oxygens (including phenoxy) is 1. The number of nitrogens with one attached hydrogen (secondary N) is 1. The van der Waals surface area contributed by atoms with Crippen LogP contribution in [0.1, 0.15) is 70.7 Å². The van der Waals surface area contributed by atoms with Crippen LogP contribution in [0.4, 0.5) is 15.0 Å². The molecule has 230 valence electrons. The van der Waals surface area contributed by atoms with Gasteiger partial charge in [0.1, 0.15) is 17.9 Å². The monoisotopic (exact) mass is 585 g/mol. The van der Waals surface area contributed by atoms with Gasteiger partial charge in [0.15, 0.2) is 5.82 Å². The molecule has 12 heteroatoms. The molecular formula is C30H44FN7O4. The van der Waals surface area contributed by atoms with Gasteiger partial charge in [0, 0.05) is 56.8 Å². The summed E-state index contributed by atoms with van der Waals surface area (Å²) in [5, 5.41) is 19.4. The first-order valence-electron chi connectivity index (χ1n) is 15.0. The third-order valence-electron chi connectivity index (χ3n) is 8.43. The van der Waals surface area contributed by atoms with E-state index < -0.39 is 11.9 Å². The fourth-order valence-corrected chi connectivity index (χ4v) is 6.34. The highest BCUT2D eigenvalue weighted by molar-refractivity contribution is 5.97. The highest BCUT2D eigenvalue weighted by Crippen LogP contribution is 2.44. The molecule has 1 aromatic heterocycles. The quantitative estimate of drug-likeness (QED) is 0.323. The molecule has 0 bridgehead atoms. The van der Waals surface area contributed by atoms with Gasteiger partial charge in [-0.25, -0.2) is 14.2 Å². The van der Waals surface area contributed by atoms with Crippen LogP contribution in [0.5, 0.6) is 11.6 Å². The topological polar surface area (TPSA) is 124 Å². The number of aromatic nitrogens is 3. The SMILES string of the molecule is CCN(C(=O)c1cc(F)ccc1Oc1nncnc1N1CCC2(C1)CN([C@@H](CCCCNC(=O)O)C(C)C)C2)C(C)C. The molecule has 2 aliphatic heterocycles. The smallest absolute Gasteiger partial charge is 0.404 e. The summed E-state index contributed by atoms with van der Waals surface area (Å²) in [4.78, 5) is 34.9. The van der Waals surface area contributed by atoms with Gasteiger partial charge in [-0.15, -0.1) is 10.2 Å². The van der Waals surface area contributed by atoms with Gasteiger partial charge in [-0.1, -0.05) is 20.3 Å². The van der Waals surface area contributed by atoms with Crippen LogP contribution in [0.2, 0.25) is 0 Å². The van der Waals surface area contributed by atoms with E-state index in [0.29, 0.717) is 30.9 Å². The van der Waals surface area contributed by atoms with E-state index in [1.165, 1.54) is 24.5 Å². The molecule has 2 saturated heterocycles. The zero-order valence-corrected chi connectivity index (χ0v) is 25.3. The molecule has 0 radical (unpaired) electrons. The minimum absolute atomic E-state index is 0.0561. The Morgan fingerprint density at radius 1 is 1.19 bits per heavy atom. The van der Waals surface area contributed by atoms with Crippen molar-refractivity contribution in [3.8, 4) is 11.6 Å². The third-order valence-corrected chi connectivity index (χ3v) is 8.43. The fraction of sp³-hybridized carbons (Fsp3) is 0.633. The van der Waals surface area contributed by atoms with Crippen LogP contribution < -0.4 is 15.0 Å². The molecule has 1 spiro atoms. The van der Waals surface area contributed by atoms with Crippen LogP contribution in [-0.4, -0.2) is 93.4 Å². The van der Waals surface area contributed by atoms with Crippen LogP contribution >= 0.6 is 0 Å². The van der Waals surface area contributed by atoms with Gasteiger partial charge in [-0.2, -0.15) is 0 Å². The van der Waals surface area contributed by atoms with Gasteiger partial charge in [0.25, 0.3) is 11.8 Å². The minimum Gasteiger partial charge on any atom is -0.465 e. The summed E-state index contributed by atoms with van der Waals surface area (Å²) < 4.78 is 20.4. The van der Waals surface area contributed by atoms with E-state index in [-0.39, 0.29) is 34.6 Å². The Kier molecular flexibility index (Phi) is 10.2. The first kappa shape index (κ1) is 31.4. The summed E-state index contributed by atoms with van der Waals surface area (Å²) in [6.45, 7) is 14.8.